The Morgan fingerprint density at radius 3 is 2.62 bits per heavy atom. The monoisotopic (exact) mass is 352 g/mol. The zero-order valence-corrected chi connectivity index (χ0v) is 14.9. The predicted molar refractivity (Wildman–Crippen MR) is 95.2 cm³/mol. The molecule has 0 radical (unpaired) electrons. The van der Waals surface area contributed by atoms with Crippen molar-refractivity contribution in [2.24, 2.45) is 0 Å². The third kappa shape index (κ3) is 4.47. The van der Waals surface area contributed by atoms with Crippen LogP contribution in [0.5, 0.6) is 0 Å². The van der Waals surface area contributed by atoms with Gasteiger partial charge in [0.1, 0.15) is 5.82 Å². The summed E-state index contributed by atoms with van der Waals surface area (Å²) in [6, 6.07) is 3.64. The van der Waals surface area contributed by atoms with Crippen LogP contribution in [0.1, 0.15) is 38.9 Å². The first-order valence-corrected chi connectivity index (χ1v) is 8.27. The Balaban J connectivity index is 1.54. The number of nitrogens with zero attached hydrogens (tertiary/aromatic N) is 5. The first-order valence-electron chi connectivity index (χ1n) is 8.27. The summed E-state index contributed by atoms with van der Waals surface area (Å²) in [4.78, 5) is 28.9. The second-order valence-electron chi connectivity index (χ2n) is 6.85. The molecule has 0 aliphatic carbocycles. The van der Waals surface area contributed by atoms with E-state index in [1.807, 2.05) is 26.8 Å². The standard InChI is InChI=1S/C18H20N6O2/c1-18(2,3)17-20-10-13(11-21-17)22-14(25)6-7-15-23-16(24-26-15)12-5-4-8-19-9-12/h4-5,8-11H,6-7H2,1-3H3,(H,22,25). The number of carbonyl (C=O) groups excluding carboxylic acids is 1. The van der Waals surface area contributed by atoms with Crippen LogP contribution in [0.3, 0.4) is 0 Å². The number of nitrogens with one attached hydrogen (secondary N) is 1. The molecule has 8 heteroatoms. The molecule has 0 aliphatic rings. The van der Waals surface area contributed by atoms with Gasteiger partial charge in [0.05, 0.1) is 18.1 Å². The molecule has 0 bridgehead atoms. The Bertz CT molecular complexity index is 869. The summed E-state index contributed by atoms with van der Waals surface area (Å²) in [6.45, 7) is 6.10. The lowest BCUT2D eigenvalue weighted by Gasteiger charge is -2.16. The molecule has 0 atom stereocenters. The molecule has 1 N–H and O–H groups in total. The molecule has 26 heavy (non-hydrogen) atoms. The number of rotatable bonds is 5. The van der Waals surface area contributed by atoms with Crippen LogP contribution < -0.4 is 5.32 Å². The molecule has 0 fully saturated rings. The molecule has 134 valence electrons. The number of aromatic nitrogens is 5. The lowest BCUT2D eigenvalue weighted by molar-refractivity contribution is -0.116. The first-order chi connectivity index (χ1) is 12.4. The van der Waals surface area contributed by atoms with E-state index in [0.29, 0.717) is 23.8 Å². The van der Waals surface area contributed by atoms with Gasteiger partial charge in [-0.1, -0.05) is 25.9 Å². The summed E-state index contributed by atoms with van der Waals surface area (Å²) in [5, 5.41) is 6.67. The molecule has 0 saturated carbocycles. The van der Waals surface area contributed by atoms with E-state index >= 15 is 0 Å². The van der Waals surface area contributed by atoms with Gasteiger partial charge >= 0.3 is 0 Å². The van der Waals surface area contributed by atoms with E-state index in [1.165, 1.54) is 0 Å². The maximum Gasteiger partial charge on any atom is 0.227 e. The number of pyridine rings is 1. The van der Waals surface area contributed by atoms with E-state index < -0.39 is 0 Å². The zero-order valence-electron chi connectivity index (χ0n) is 14.9. The Hall–Kier alpha value is -3.16. The lowest BCUT2D eigenvalue weighted by atomic mass is 9.96. The fourth-order valence-electron chi connectivity index (χ4n) is 2.19. The van der Waals surface area contributed by atoms with Crippen molar-refractivity contribution in [1.29, 1.82) is 0 Å². The van der Waals surface area contributed by atoms with Crippen molar-refractivity contribution in [2.45, 2.75) is 39.0 Å². The molecule has 3 rings (SSSR count). The van der Waals surface area contributed by atoms with Crippen molar-refractivity contribution in [2.75, 3.05) is 5.32 Å². The van der Waals surface area contributed by atoms with E-state index in [1.54, 1.807) is 30.9 Å². The second-order valence-corrected chi connectivity index (χ2v) is 6.85. The Kier molecular flexibility index (Phi) is 5.01. The summed E-state index contributed by atoms with van der Waals surface area (Å²) in [6.07, 6.45) is 7.11. The highest BCUT2D eigenvalue weighted by Crippen LogP contribution is 2.18. The third-order valence-electron chi connectivity index (χ3n) is 3.56. The molecule has 3 aromatic heterocycles. The summed E-state index contributed by atoms with van der Waals surface area (Å²) < 4.78 is 5.18. The van der Waals surface area contributed by atoms with Crippen LogP contribution in [0.15, 0.2) is 41.4 Å². The maximum atomic E-state index is 12.1. The fourth-order valence-corrected chi connectivity index (χ4v) is 2.19. The molecular formula is C18H20N6O2. The van der Waals surface area contributed by atoms with Crippen LogP contribution >= 0.6 is 0 Å². The minimum atomic E-state index is -0.168. The number of amides is 1. The SMILES string of the molecule is CC(C)(C)c1ncc(NC(=O)CCc2nc(-c3cccnc3)no2)cn1. The molecule has 3 heterocycles. The molecule has 0 spiro atoms. The average Bonchev–Trinajstić information content (AvgIpc) is 3.09. The van der Waals surface area contributed by atoms with Crippen molar-refractivity contribution in [3.8, 4) is 11.4 Å². The van der Waals surface area contributed by atoms with Crippen molar-refractivity contribution in [1.82, 2.24) is 25.1 Å². The number of carbonyl (C=O) groups is 1. The van der Waals surface area contributed by atoms with Crippen molar-refractivity contribution < 1.29 is 9.32 Å². The molecule has 8 nitrogen and oxygen atoms in total. The fraction of sp³-hybridized carbons (Fsp3) is 0.333. The van der Waals surface area contributed by atoms with Gasteiger partial charge < -0.3 is 9.84 Å². The molecule has 0 unspecified atom stereocenters. The quantitative estimate of drug-likeness (QED) is 0.752. The van der Waals surface area contributed by atoms with Crippen LogP contribution in [0.25, 0.3) is 11.4 Å². The van der Waals surface area contributed by atoms with Gasteiger partial charge in [-0.25, -0.2) is 9.97 Å². The highest BCUT2D eigenvalue weighted by molar-refractivity contribution is 5.90. The number of hydrogen-bond acceptors (Lipinski definition) is 7. The Morgan fingerprint density at radius 1 is 1.19 bits per heavy atom. The molecule has 3 aromatic rings. The normalized spacial score (nSPS) is 11.3. The second kappa shape index (κ2) is 7.38. The molecule has 0 saturated heterocycles. The number of hydrogen-bond donors (Lipinski definition) is 1. The average molecular weight is 352 g/mol. The van der Waals surface area contributed by atoms with Crippen LogP contribution in [-0.2, 0) is 16.6 Å². The van der Waals surface area contributed by atoms with E-state index in [4.69, 9.17) is 4.52 Å². The largest absolute Gasteiger partial charge is 0.339 e. The maximum absolute atomic E-state index is 12.1. The first kappa shape index (κ1) is 17.7. The van der Waals surface area contributed by atoms with Gasteiger partial charge in [-0.3, -0.25) is 9.78 Å². The smallest absolute Gasteiger partial charge is 0.227 e. The summed E-state index contributed by atoms with van der Waals surface area (Å²) in [5.74, 6) is 1.42. The molecule has 0 aliphatic heterocycles. The Labute approximate surface area is 151 Å². The van der Waals surface area contributed by atoms with E-state index in [2.05, 4.69) is 30.4 Å². The minimum absolute atomic E-state index is 0.132. The summed E-state index contributed by atoms with van der Waals surface area (Å²) >= 11 is 0. The van der Waals surface area contributed by atoms with Gasteiger partial charge in [-0.15, -0.1) is 0 Å². The molecule has 1 amide bonds. The van der Waals surface area contributed by atoms with Gasteiger partial charge in [0, 0.05) is 36.2 Å². The minimum Gasteiger partial charge on any atom is -0.339 e. The van der Waals surface area contributed by atoms with Gasteiger partial charge in [0.25, 0.3) is 0 Å². The Morgan fingerprint density at radius 2 is 1.96 bits per heavy atom. The topological polar surface area (TPSA) is 107 Å². The number of aryl methyl sites for hydroxylation is 1. The van der Waals surface area contributed by atoms with Crippen molar-refractivity contribution in [3.63, 3.8) is 0 Å². The van der Waals surface area contributed by atoms with Gasteiger partial charge in [0.2, 0.25) is 17.6 Å². The van der Waals surface area contributed by atoms with Crippen LogP contribution in [-0.4, -0.2) is 31.0 Å². The van der Waals surface area contributed by atoms with Gasteiger partial charge in [-0.05, 0) is 12.1 Å². The van der Waals surface area contributed by atoms with Crippen molar-refractivity contribution >= 4 is 11.6 Å². The van der Waals surface area contributed by atoms with Crippen LogP contribution in [0, 0.1) is 0 Å². The highest BCUT2D eigenvalue weighted by Gasteiger charge is 2.17. The van der Waals surface area contributed by atoms with Gasteiger partial charge in [0.15, 0.2) is 0 Å². The van der Waals surface area contributed by atoms with Crippen molar-refractivity contribution in [3.05, 3.63) is 48.6 Å². The molecular weight excluding hydrogens is 332 g/mol. The molecule has 0 aromatic carbocycles. The lowest BCUT2D eigenvalue weighted by Crippen LogP contribution is -2.17. The van der Waals surface area contributed by atoms with E-state index in [9.17, 15) is 4.79 Å². The predicted octanol–water partition coefficient (Wildman–Crippen LogP) is 2.79. The zero-order chi connectivity index (χ0) is 18.6. The van der Waals surface area contributed by atoms with Crippen LogP contribution in [0.2, 0.25) is 0 Å². The van der Waals surface area contributed by atoms with E-state index in [-0.39, 0.29) is 17.7 Å². The summed E-state index contributed by atoms with van der Waals surface area (Å²) in [7, 11) is 0. The number of anilines is 1. The van der Waals surface area contributed by atoms with Crippen LogP contribution in [0.4, 0.5) is 5.69 Å². The van der Waals surface area contributed by atoms with Gasteiger partial charge in [-0.2, -0.15) is 4.98 Å². The van der Waals surface area contributed by atoms with E-state index in [0.717, 1.165) is 11.4 Å². The third-order valence-corrected chi connectivity index (χ3v) is 3.56. The highest BCUT2D eigenvalue weighted by atomic mass is 16.5. The summed E-state index contributed by atoms with van der Waals surface area (Å²) in [5.41, 5.74) is 1.19.